The average molecular weight is 347 g/mol. The van der Waals surface area contributed by atoms with Gasteiger partial charge in [-0.1, -0.05) is 78.9 Å². The average Bonchev–Trinajstić information content (AvgIpc) is 3.17. The maximum Gasteiger partial charge on any atom is 0.0481 e. The first-order valence-corrected chi connectivity index (χ1v) is 9.56. The van der Waals surface area contributed by atoms with Gasteiger partial charge in [-0.05, 0) is 58.0 Å². The summed E-state index contributed by atoms with van der Waals surface area (Å²) in [5, 5.41) is 2.64. The highest BCUT2D eigenvalue weighted by atomic mass is 14.7. The number of pyridine rings is 1. The molecule has 4 aromatic rings. The molecule has 0 aliphatic heterocycles. The molecule has 0 N–H and O–H groups in total. The molecule has 130 valence electrons. The summed E-state index contributed by atoms with van der Waals surface area (Å²) in [6, 6.07) is 30.3. The van der Waals surface area contributed by atoms with Crippen LogP contribution in [0.5, 0.6) is 0 Å². The molecule has 0 radical (unpaired) electrons. The van der Waals surface area contributed by atoms with E-state index in [1.54, 1.807) is 0 Å². The molecule has 0 bridgehead atoms. The molecule has 1 unspecified atom stereocenters. The molecular weight excluding hydrogens is 326 g/mol. The van der Waals surface area contributed by atoms with Crippen LogP contribution < -0.4 is 0 Å². The maximum atomic E-state index is 4.73. The number of benzene rings is 3. The van der Waals surface area contributed by atoms with Crippen molar-refractivity contribution in [3.63, 3.8) is 0 Å². The second-order valence-corrected chi connectivity index (χ2v) is 7.17. The van der Waals surface area contributed by atoms with Crippen LogP contribution in [0.15, 0.2) is 97.2 Å². The molecule has 1 aliphatic carbocycles. The molecule has 1 heterocycles. The van der Waals surface area contributed by atoms with Crippen LogP contribution in [-0.2, 0) is 12.8 Å². The molecule has 27 heavy (non-hydrogen) atoms. The highest BCUT2D eigenvalue weighted by Gasteiger charge is 2.25. The topological polar surface area (TPSA) is 12.9 Å². The quantitative estimate of drug-likeness (QED) is 0.428. The Hall–Kier alpha value is -3.19. The summed E-state index contributed by atoms with van der Waals surface area (Å²) in [4.78, 5) is 4.73. The van der Waals surface area contributed by atoms with Gasteiger partial charge in [-0.2, -0.15) is 0 Å². The van der Waals surface area contributed by atoms with E-state index in [0.29, 0.717) is 0 Å². The first kappa shape index (κ1) is 16.0. The zero-order valence-electron chi connectivity index (χ0n) is 15.2. The fraction of sp³-hybridized carbons (Fsp3) is 0.115. The second kappa shape index (κ2) is 6.85. The molecule has 3 aromatic carbocycles. The Morgan fingerprint density at radius 1 is 0.778 bits per heavy atom. The Morgan fingerprint density at radius 2 is 1.59 bits per heavy atom. The van der Waals surface area contributed by atoms with Crippen molar-refractivity contribution < 1.29 is 0 Å². The monoisotopic (exact) mass is 347 g/mol. The molecular formula is C26H21N. The van der Waals surface area contributed by atoms with Crippen molar-refractivity contribution in [2.24, 2.45) is 0 Å². The third-order valence-electron chi connectivity index (χ3n) is 5.59. The lowest BCUT2D eigenvalue weighted by Gasteiger charge is -2.20. The van der Waals surface area contributed by atoms with Crippen LogP contribution in [0, 0.1) is 0 Å². The van der Waals surface area contributed by atoms with E-state index < -0.39 is 0 Å². The number of hydrogen-bond donors (Lipinski definition) is 0. The Balaban J connectivity index is 1.62. The van der Waals surface area contributed by atoms with E-state index in [2.05, 4.69) is 84.9 Å². The lowest BCUT2D eigenvalue weighted by atomic mass is 9.84. The van der Waals surface area contributed by atoms with E-state index in [1.807, 2.05) is 12.3 Å². The molecule has 5 rings (SSSR count). The molecule has 0 saturated carbocycles. The van der Waals surface area contributed by atoms with Crippen molar-refractivity contribution in [1.29, 1.82) is 0 Å². The number of rotatable bonds is 4. The van der Waals surface area contributed by atoms with Crippen LogP contribution in [0.25, 0.3) is 16.3 Å². The first-order chi connectivity index (χ1) is 13.4. The summed E-state index contributed by atoms with van der Waals surface area (Å²) in [6.45, 7) is 0. The van der Waals surface area contributed by atoms with Gasteiger partial charge in [-0.15, -0.1) is 0 Å². The van der Waals surface area contributed by atoms with Gasteiger partial charge in [0.2, 0.25) is 0 Å². The number of nitrogens with zero attached hydrogens (tertiary/aromatic N) is 1. The Morgan fingerprint density at radius 3 is 2.52 bits per heavy atom. The summed E-state index contributed by atoms with van der Waals surface area (Å²) >= 11 is 0. The molecule has 0 amide bonds. The van der Waals surface area contributed by atoms with Gasteiger partial charge in [0.1, 0.15) is 0 Å². The number of allylic oxidation sites excluding steroid dienone is 2. The van der Waals surface area contributed by atoms with E-state index in [0.717, 1.165) is 18.5 Å². The van der Waals surface area contributed by atoms with Crippen LogP contribution in [0.1, 0.15) is 28.3 Å². The minimum Gasteiger partial charge on any atom is -0.261 e. The number of hydrogen-bond acceptors (Lipinski definition) is 1. The van der Waals surface area contributed by atoms with Crippen LogP contribution in [0.4, 0.5) is 0 Å². The summed E-state index contributed by atoms with van der Waals surface area (Å²) in [6.07, 6.45) is 6.28. The van der Waals surface area contributed by atoms with E-state index in [4.69, 9.17) is 4.98 Å². The van der Waals surface area contributed by atoms with Crippen molar-refractivity contribution in [1.82, 2.24) is 4.98 Å². The van der Waals surface area contributed by atoms with Crippen LogP contribution in [-0.4, -0.2) is 4.98 Å². The number of fused-ring (bicyclic) bond motifs is 2. The van der Waals surface area contributed by atoms with Crippen molar-refractivity contribution in [2.75, 3.05) is 0 Å². The lowest BCUT2D eigenvalue weighted by Crippen LogP contribution is -2.07. The van der Waals surface area contributed by atoms with Crippen LogP contribution >= 0.6 is 0 Å². The lowest BCUT2D eigenvalue weighted by molar-refractivity contribution is 0.824. The third kappa shape index (κ3) is 2.96. The molecule has 1 aliphatic rings. The summed E-state index contributed by atoms with van der Waals surface area (Å²) in [7, 11) is 0. The maximum absolute atomic E-state index is 4.73. The summed E-state index contributed by atoms with van der Waals surface area (Å²) < 4.78 is 0. The zero-order chi connectivity index (χ0) is 18.1. The van der Waals surface area contributed by atoms with Gasteiger partial charge in [0, 0.05) is 17.8 Å². The standard InChI is InChI=1S/C26H21N/c1-3-12-22-19(8-1)10-7-11-21(22)18-25(26-14-5-6-17-27-26)24-16-15-20-9-2-4-13-23(20)24/h1-14,16-17,25H,15,18H2. The minimum atomic E-state index is 0.264. The largest absolute Gasteiger partial charge is 0.261 e. The van der Waals surface area contributed by atoms with Gasteiger partial charge < -0.3 is 0 Å². The second-order valence-electron chi connectivity index (χ2n) is 7.17. The van der Waals surface area contributed by atoms with Crippen molar-refractivity contribution >= 4 is 16.3 Å². The molecule has 0 saturated heterocycles. The summed E-state index contributed by atoms with van der Waals surface area (Å²) in [5.41, 5.74) is 6.75. The van der Waals surface area contributed by atoms with Crippen LogP contribution in [0.3, 0.4) is 0 Å². The van der Waals surface area contributed by atoms with Gasteiger partial charge in [-0.3, -0.25) is 4.98 Å². The molecule has 1 heteroatoms. The molecule has 1 nitrogen and oxygen atoms in total. The van der Waals surface area contributed by atoms with Gasteiger partial charge >= 0.3 is 0 Å². The Bertz CT molecular complexity index is 1120. The molecule has 0 fully saturated rings. The SMILES string of the molecule is C1=C(C(Cc2cccc3ccccc23)c2ccccn2)c2ccccc2C1. The summed E-state index contributed by atoms with van der Waals surface area (Å²) in [5.74, 6) is 0.264. The van der Waals surface area contributed by atoms with E-state index in [-0.39, 0.29) is 5.92 Å². The first-order valence-electron chi connectivity index (χ1n) is 9.56. The minimum absolute atomic E-state index is 0.264. The molecule has 1 aromatic heterocycles. The Kier molecular flexibility index (Phi) is 4.06. The van der Waals surface area contributed by atoms with E-state index in [1.165, 1.54) is 33.0 Å². The van der Waals surface area contributed by atoms with Crippen molar-refractivity contribution in [3.05, 3.63) is 120 Å². The predicted molar refractivity (Wildman–Crippen MR) is 113 cm³/mol. The normalized spacial score (nSPS) is 14.0. The van der Waals surface area contributed by atoms with Gasteiger partial charge in [0.25, 0.3) is 0 Å². The van der Waals surface area contributed by atoms with Gasteiger partial charge in [0.15, 0.2) is 0 Å². The highest BCUT2D eigenvalue weighted by molar-refractivity contribution is 5.86. The molecule has 1 atom stereocenters. The predicted octanol–water partition coefficient (Wildman–Crippen LogP) is 6.20. The van der Waals surface area contributed by atoms with Crippen molar-refractivity contribution in [3.8, 4) is 0 Å². The Labute approximate surface area is 160 Å². The smallest absolute Gasteiger partial charge is 0.0481 e. The highest BCUT2D eigenvalue weighted by Crippen LogP contribution is 2.40. The zero-order valence-corrected chi connectivity index (χ0v) is 15.2. The van der Waals surface area contributed by atoms with Gasteiger partial charge in [-0.25, -0.2) is 0 Å². The molecule has 0 spiro atoms. The van der Waals surface area contributed by atoms with Crippen molar-refractivity contribution in [2.45, 2.75) is 18.8 Å². The van der Waals surface area contributed by atoms with Gasteiger partial charge in [0.05, 0.1) is 0 Å². The fourth-order valence-electron chi connectivity index (χ4n) is 4.29. The van der Waals surface area contributed by atoms with Crippen LogP contribution in [0.2, 0.25) is 0 Å². The number of aromatic nitrogens is 1. The van der Waals surface area contributed by atoms with E-state index in [9.17, 15) is 0 Å². The van der Waals surface area contributed by atoms with E-state index >= 15 is 0 Å². The third-order valence-corrected chi connectivity index (χ3v) is 5.59. The fourth-order valence-corrected chi connectivity index (χ4v) is 4.29.